The van der Waals surface area contributed by atoms with Crippen molar-refractivity contribution in [1.29, 1.82) is 0 Å². The lowest BCUT2D eigenvalue weighted by molar-refractivity contribution is -0.384. The van der Waals surface area contributed by atoms with Crippen LogP contribution < -0.4 is 4.74 Å². The Balaban J connectivity index is 2.40. The Morgan fingerprint density at radius 3 is 2.50 bits per heavy atom. The zero-order chi connectivity index (χ0) is 14.7. The monoisotopic (exact) mass is 279 g/mol. The van der Waals surface area contributed by atoms with Crippen LogP contribution in [0.5, 0.6) is 11.5 Å². The van der Waals surface area contributed by atoms with E-state index in [4.69, 9.17) is 4.74 Å². The summed E-state index contributed by atoms with van der Waals surface area (Å²) in [7, 11) is 0. The second-order valence-electron chi connectivity index (χ2n) is 3.77. The summed E-state index contributed by atoms with van der Waals surface area (Å²) in [6.07, 6.45) is 0.333. The van der Waals surface area contributed by atoms with Crippen LogP contribution in [0.4, 0.5) is 14.5 Å². The largest absolute Gasteiger partial charge is 0.453 e. The summed E-state index contributed by atoms with van der Waals surface area (Å²) in [4.78, 5) is 20.8. The lowest BCUT2D eigenvalue weighted by Gasteiger charge is -2.08. The van der Waals surface area contributed by atoms with Crippen molar-refractivity contribution in [2.45, 2.75) is 0 Å². The van der Waals surface area contributed by atoms with Gasteiger partial charge in [-0.25, -0.2) is 8.78 Å². The normalized spacial score (nSPS) is 10.1. The molecule has 0 aliphatic rings. The van der Waals surface area contributed by atoms with Crippen LogP contribution in [0.25, 0.3) is 0 Å². The molecule has 0 saturated carbocycles. The van der Waals surface area contributed by atoms with E-state index in [1.54, 1.807) is 0 Å². The first-order chi connectivity index (χ1) is 9.51. The average molecular weight is 279 g/mol. The van der Waals surface area contributed by atoms with Gasteiger partial charge >= 0.3 is 0 Å². The van der Waals surface area contributed by atoms with Gasteiger partial charge in [-0.1, -0.05) is 0 Å². The van der Waals surface area contributed by atoms with Crippen molar-refractivity contribution >= 4 is 12.0 Å². The van der Waals surface area contributed by atoms with Crippen molar-refractivity contribution in [2.75, 3.05) is 0 Å². The van der Waals surface area contributed by atoms with E-state index in [2.05, 4.69) is 0 Å². The molecule has 0 heterocycles. The minimum absolute atomic E-state index is 0.102. The van der Waals surface area contributed by atoms with E-state index in [0.717, 1.165) is 36.4 Å². The fraction of sp³-hybridized carbons (Fsp3) is 0. The van der Waals surface area contributed by atoms with Gasteiger partial charge in [0, 0.05) is 18.2 Å². The highest BCUT2D eigenvalue weighted by molar-refractivity contribution is 5.80. The molecule has 2 aromatic carbocycles. The third kappa shape index (κ3) is 2.77. The number of nitro benzene ring substituents is 1. The number of nitrogens with zero attached hydrogens (tertiary/aromatic N) is 1. The summed E-state index contributed by atoms with van der Waals surface area (Å²) in [6.45, 7) is 0. The zero-order valence-electron chi connectivity index (χ0n) is 9.88. The lowest BCUT2D eigenvalue weighted by atomic mass is 10.2. The fourth-order valence-electron chi connectivity index (χ4n) is 1.51. The number of hydrogen-bond acceptors (Lipinski definition) is 4. The Labute approximate surface area is 111 Å². The predicted molar refractivity (Wildman–Crippen MR) is 64.9 cm³/mol. The van der Waals surface area contributed by atoms with E-state index in [9.17, 15) is 23.7 Å². The van der Waals surface area contributed by atoms with Gasteiger partial charge in [-0.2, -0.15) is 0 Å². The fourth-order valence-corrected chi connectivity index (χ4v) is 1.51. The molecule has 102 valence electrons. The number of aldehydes is 1. The number of non-ortho nitro benzene ring substituents is 1. The quantitative estimate of drug-likeness (QED) is 0.488. The predicted octanol–water partition coefficient (Wildman–Crippen LogP) is 3.48. The first kappa shape index (κ1) is 13.6. The number of carbonyl (C=O) groups is 1. The number of halogens is 2. The minimum atomic E-state index is -0.818. The topological polar surface area (TPSA) is 69.4 Å². The summed E-state index contributed by atoms with van der Waals surface area (Å²) < 4.78 is 31.5. The lowest BCUT2D eigenvalue weighted by Crippen LogP contribution is -1.96. The highest BCUT2D eigenvalue weighted by atomic mass is 19.1. The maximum absolute atomic E-state index is 13.4. The van der Waals surface area contributed by atoms with Crippen LogP contribution in [0.2, 0.25) is 0 Å². The molecule has 0 aromatic heterocycles. The summed E-state index contributed by atoms with van der Waals surface area (Å²) in [5, 5.41) is 10.6. The molecular weight excluding hydrogens is 272 g/mol. The van der Waals surface area contributed by atoms with Gasteiger partial charge in [0.05, 0.1) is 10.5 Å². The Kier molecular flexibility index (Phi) is 3.69. The second kappa shape index (κ2) is 5.43. The average Bonchev–Trinajstić information content (AvgIpc) is 2.43. The van der Waals surface area contributed by atoms with Gasteiger partial charge in [-0.05, 0) is 18.2 Å². The smallest absolute Gasteiger partial charge is 0.270 e. The number of rotatable bonds is 4. The third-order valence-corrected chi connectivity index (χ3v) is 2.44. The molecular formula is C13H7F2NO4. The van der Waals surface area contributed by atoms with Gasteiger partial charge in [0.15, 0.2) is 17.9 Å². The van der Waals surface area contributed by atoms with E-state index >= 15 is 0 Å². The maximum Gasteiger partial charge on any atom is 0.270 e. The SMILES string of the molecule is O=Cc1cc([N+](=O)[O-])ccc1Oc1cc(F)ccc1F. The number of ether oxygens (including phenoxy) is 1. The third-order valence-electron chi connectivity index (χ3n) is 2.44. The summed E-state index contributed by atoms with van der Waals surface area (Å²) in [5.74, 6) is -2.05. The molecule has 0 aliphatic heterocycles. The zero-order valence-corrected chi connectivity index (χ0v) is 9.88. The van der Waals surface area contributed by atoms with Gasteiger partial charge in [0.2, 0.25) is 0 Å². The van der Waals surface area contributed by atoms with E-state index in [1.807, 2.05) is 0 Å². The molecule has 2 rings (SSSR count). The summed E-state index contributed by atoms with van der Waals surface area (Å²) >= 11 is 0. The van der Waals surface area contributed by atoms with Crippen molar-refractivity contribution in [2.24, 2.45) is 0 Å². The summed E-state index contributed by atoms with van der Waals surface area (Å²) in [5.41, 5.74) is -0.443. The van der Waals surface area contributed by atoms with Crippen molar-refractivity contribution in [1.82, 2.24) is 0 Å². The molecule has 0 bridgehead atoms. The number of carbonyl (C=O) groups excluding carboxylic acids is 1. The van der Waals surface area contributed by atoms with Crippen LogP contribution >= 0.6 is 0 Å². The van der Waals surface area contributed by atoms with E-state index < -0.39 is 22.3 Å². The molecule has 0 atom stereocenters. The standard InChI is InChI=1S/C13H7F2NO4/c14-9-1-3-11(15)13(6-9)20-12-4-2-10(16(18)19)5-8(12)7-17/h1-7H. The van der Waals surface area contributed by atoms with Gasteiger partial charge in [0.25, 0.3) is 5.69 Å². The number of nitro groups is 1. The van der Waals surface area contributed by atoms with Crippen molar-refractivity contribution in [3.05, 3.63) is 63.7 Å². The number of hydrogen-bond donors (Lipinski definition) is 0. The molecule has 0 aliphatic carbocycles. The Morgan fingerprint density at radius 1 is 1.10 bits per heavy atom. The first-order valence-corrected chi connectivity index (χ1v) is 5.38. The maximum atomic E-state index is 13.4. The van der Waals surface area contributed by atoms with Gasteiger partial charge in [-0.3, -0.25) is 14.9 Å². The number of benzene rings is 2. The van der Waals surface area contributed by atoms with Crippen molar-refractivity contribution < 1.29 is 23.2 Å². The second-order valence-corrected chi connectivity index (χ2v) is 3.77. The molecule has 0 amide bonds. The van der Waals surface area contributed by atoms with Crippen LogP contribution in [-0.2, 0) is 0 Å². The van der Waals surface area contributed by atoms with E-state index in [0.29, 0.717) is 6.29 Å². The molecule has 0 fully saturated rings. The highest BCUT2D eigenvalue weighted by Crippen LogP contribution is 2.29. The molecule has 20 heavy (non-hydrogen) atoms. The van der Waals surface area contributed by atoms with Crippen LogP contribution in [0.3, 0.4) is 0 Å². The van der Waals surface area contributed by atoms with Gasteiger partial charge in [0.1, 0.15) is 11.6 Å². The Morgan fingerprint density at radius 2 is 1.85 bits per heavy atom. The van der Waals surface area contributed by atoms with Gasteiger partial charge in [-0.15, -0.1) is 0 Å². The minimum Gasteiger partial charge on any atom is -0.453 e. The van der Waals surface area contributed by atoms with Crippen molar-refractivity contribution in [3.8, 4) is 11.5 Å². The first-order valence-electron chi connectivity index (χ1n) is 5.38. The van der Waals surface area contributed by atoms with Crippen molar-refractivity contribution in [3.63, 3.8) is 0 Å². The molecule has 0 saturated heterocycles. The highest BCUT2D eigenvalue weighted by Gasteiger charge is 2.14. The molecule has 2 aromatic rings. The van der Waals surface area contributed by atoms with Crippen LogP contribution in [0, 0.1) is 21.7 Å². The Bertz CT molecular complexity index is 688. The molecule has 7 heteroatoms. The summed E-state index contributed by atoms with van der Waals surface area (Å²) in [6, 6.07) is 5.83. The molecule has 5 nitrogen and oxygen atoms in total. The molecule has 0 N–H and O–H groups in total. The van der Waals surface area contributed by atoms with E-state index in [-0.39, 0.29) is 17.0 Å². The van der Waals surface area contributed by atoms with Crippen LogP contribution in [-0.4, -0.2) is 11.2 Å². The Hall–Kier alpha value is -2.83. The van der Waals surface area contributed by atoms with Crippen LogP contribution in [0.1, 0.15) is 10.4 Å². The molecule has 0 spiro atoms. The van der Waals surface area contributed by atoms with Crippen LogP contribution in [0.15, 0.2) is 36.4 Å². The van der Waals surface area contributed by atoms with Gasteiger partial charge < -0.3 is 4.74 Å². The van der Waals surface area contributed by atoms with E-state index in [1.165, 1.54) is 0 Å². The molecule has 0 unspecified atom stereocenters. The molecule has 0 radical (unpaired) electrons.